The summed E-state index contributed by atoms with van der Waals surface area (Å²) in [4.78, 5) is 11.8. The number of hydrogen-bond donors (Lipinski definition) is 2. The predicted octanol–water partition coefficient (Wildman–Crippen LogP) is 3.82. The number of nitrogen functional groups attached to an aromatic ring is 1. The molecular formula is C16H17BrN2O2. The number of esters is 1. The summed E-state index contributed by atoms with van der Waals surface area (Å²) in [5.41, 5.74) is 8.57. The first kappa shape index (κ1) is 15.4. The Kier molecular flexibility index (Phi) is 5.22. The van der Waals surface area contributed by atoms with Crippen molar-refractivity contribution in [1.82, 2.24) is 0 Å². The Morgan fingerprint density at radius 1 is 1.29 bits per heavy atom. The number of hydrogen-bond acceptors (Lipinski definition) is 4. The summed E-state index contributed by atoms with van der Waals surface area (Å²) in [6, 6.07) is 13.2. The molecule has 2 rings (SSSR count). The fourth-order valence-electron chi connectivity index (χ4n) is 1.89. The van der Waals surface area contributed by atoms with Crippen molar-refractivity contribution in [2.45, 2.75) is 13.5 Å². The summed E-state index contributed by atoms with van der Waals surface area (Å²) < 4.78 is 6.03. The Morgan fingerprint density at radius 3 is 2.76 bits per heavy atom. The van der Waals surface area contributed by atoms with E-state index in [1.165, 1.54) is 0 Å². The maximum Gasteiger partial charge on any atom is 0.340 e. The lowest BCUT2D eigenvalue weighted by atomic mass is 10.1. The first-order chi connectivity index (χ1) is 10.1. The standard InChI is InChI=1S/C16H17BrN2O2/c1-2-21-16(20)13-9-12(7-8-15(13)18)19-10-11-5-3-4-6-14(11)17/h3-9,19H,2,10,18H2,1H3. The lowest BCUT2D eigenvalue weighted by molar-refractivity contribution is 0.0527. The number of benzene rings is 2. The highest BCUT2D eigenvalue weighted by atomic mass is 79.9. The number of halogens is 1. The average Bonchev–Trinajstić information content (AvgIpc) is 2.48. The van der Waals surface area contributed by atoms with E-state index in [9.17, 15) is 4.79 Å². The number of rotatable bonds is 5. The van der Waals surface area contributed by atoms with Crippen molar-refractivity contribution in [3.05, 3.63) is 58.1 Å². The Morgan fingerprint density at radius 2 is 2.05 bits per heavy atom. The van der Waals surface area contributed by atoms with E-state index in [2.05, 4.69) is 21.2 Å². The topological polar surface area (TPSA) is 64.3 Å². The number of nitrogens with one attached hydrogen (secondary N) is 1. The number of ether oxygens (including phenoxy) is 1. The van der Waals surface area contributed by atoms with Gasteiger partial charge in [-0.05, 0) is 36.8 Å². The molecule has 0 unspecified atom stereocenters. The van der Waals surface area contributed by atoms with Crippen molar-refractivity contribution in [2.24, 2.45) is 0 Å². The van der Waals surface area contributed by atoms with Crippen LogP contribution in [0.25, 0.3) is 0 Å². The van der Waals surface area contributed by atoms with Crippen LogP contribution < -0.4 is 11.1 Å². The molecule has 0 atom stereocenters. The second-order valence-corrected chi connectivity index (χ2v) is 5.32. The van der Waals surface area contributed by atoms with Crippen LogP contribution in [0.5, 0.6) is 0 Å². The molecule has 2 aromatic rings. The Bertz CT molecular complexity index is 644. The molecule has 2 aromatic carbocycles. The Labute approximate surface area is 132 Å². The maximum atomic E-state index is 11.8. The lowest BCUT2D eigenvalue weighted by Crippen LogP contribution is -2.09. The second-order valence-electron chi connectivity index (χ2n) is 4.47. The van der Waals surface area contributed by atoms with Crippen molar-refractivity contribution in [3.63, 3.8) is 0 Å². The number of carbonyl (C=O) groups excluding carboxylic acids is 1. The molecular weight excluding hydrogens is 332 g/mol. The van der Waals surface area contributed by atoms with Gasteiger partial charge in [0, 0.05) is 22.4 Å². The van der Waals surface area contributed by atoms with Crippen LogP contribution in [-0.2, 0) is 11.3 Å². The van der Waals surface area contributed by atoms with E-state index in [0.29, 0.717) is 24.4 Å². The molecule has 0 aliphatic carbocycles. The Balaban J connectivity index is 2.12. The van der Waals surface area contributed by atoms with Crippen LogP contribution in [0, 0.1) is 0 Å². The molecule has 0 spiro atoms. The van der Waals surface area contributed by atoms with E-state index >= 15 is 0 Å². The number of anilines is 2. The summed E-state index contributed by atoms with van der Waals surface area (Å²) in [5, 5.41) is 3.27. The fourth-order valence-corrected chi connectivity index (χ4v) is 2.32. The quantitative estimate of drug-likeness (QED) is 0.636. The third-order valence-corrected chi connectivity index (χ3v) is 3.76. The van der Waals surface area contributed by atoms with Crippen LogP contribution in [-0.4, -0.2) is 12.6 Å². The first-order valence-electron chi connectivity index (χ1n) is 6.65. The van der Waals surface area contributed by atoms with Crippen molar-refractivity contribution in [1.29, 1.82) is 0 Å². The van der Waals surface area contributed by atoms with Crippen molar-refractivity contribution >= 4 is 33.3 Å². The van der Waals surface area contributed by atoms with Gasteiger partial charge in [0.25, 0.3) is 0 Å². The molecule has 3 N–H and O–H groups in total. The Hall–Kier alpha value is -2.01. The molecule has 4 nitrogen and oxygen atoms in total. The van der Waals surface area contributed by atoms with E-state index in [4.69, 9.17) is 10.5 Å². The molecule has 110 valence electrons. The van der Waals surface area contributed by atoms with Gasteiger partial charge in [0.2, 0.25) is 0 Å². The largest absolute Gasteiger partial charge is 0.462 e. The molecule has 0 saturated carbocycles. The second kappa shape index (κ2) is 7.13. The maximum absolute atomic E-state index is 11.8. The van der Waals surface area contributed by atoms with E-state index in [1.807, 2.05) is 30.3 Å². The predicted molar refractivity (Wildman–Crippen MR) is 88.3 cm³/mol. The highest BCUT2D eigenvalue weighted by Gasteiger charge is 2.11. The van der Waals surface area contributed by atoms with Crippen LogP contribution in [0.3, 0.4) is 0 Å². The molecule has 0 bridgehead atoms. The molecule has 0 fully saturated rings. The van der Waals surface area contributed by atoms with Crippen LogP contribution in [0.1, 0.15) is 22.8 Å². The van der Waals surface area contributed by atoms with Crippen LogP contribution in [0.2, 0.25) is 0 Å². The number of carbonyl (C=O) groups is 1. The van der Waals surface area contributed by atoms with Crippen molar-refractivity contribution < 1.29 is 9.53 Å². The van der Waals surface area contributed by atoms with Crippen molar-refractivity contribution in [2.75, 3.05) is 17.7 Å². The van der Waals surface area contributed by atoms with Gasteiger partial charge in [-0.15, -0.1) is 0 Å². The van der Waals surface area contributed by atoms with Gasteiger partial charge in [0.15, 0.2) is 0 Å². The van der Waals surface area contributed by atoms with Gasteiger partial charge in [-0.3, -0.25) is 0 Å². The SMILES string of the molecule is CCOC(=O)c1cc(NCc2ccccc2Br)ccc1N. The zero-order valence-corrected chi connectivity index (χ0v) is 13.3. The van der Waals surface area contributed by atoms with Crippen LogP contribution in [0.4, 0.5) is 11.4 Å². The molecule has 21 heavy (non-hydrogen) atoms. The van der Waals surface area contributed by atoms with Gasteiger partial charge in [-0.2, -0.15) is 0 Å². The van der Waals surface area contributed by atoms with Gasteiger partial charge in [-0.25, -0.2) is 4.79 Å². The van der Waals surface area contributed by atoms with Crippen LogP contribution >= 0.6 is 15.9 Å². The summed E-state index contributed by atoms with van der Waals surface area (Å²) >= 11 is 3.51. The molecule has 0 aliphatic heterocycles. The van der Waals surface area contributed by atoms with E-state index in [-0.39, 0.29) is 0 Å². The smallest absolute Gasteiger partial charge is 0.340 e. The third-order valence-electron chi connectivity index (χ3n) is 2.99. The summed E-state index contributed by atoms with van der Waals surface area (Å²) in [5.74, 6) is -0.403. The zero-order valence-electron chi connectivity index (χ0n) is 11.7. The van der Waals surface area contributed by atoms with Crippen LogP contribution in [0.15, 0.2) is 46.9 Å². The zero-order chi connectivity index (χ0) is 15.2. The molecule has 5 heteroatoms. The number of nitrogens with two attached hydrogens (primary N) is 1. The average molecular weight is 349 g/mol. The molecule has 0 radical (unpaired) electrons. The van der Waals surface area contributed by atoms with Crippen molar-refractivity contribution in [3.8, 4) is 0 Å². The van der Waals surface area contributed by atoms with E-state index in [1.54, 1.807) is 19.1 Å². The normalized spacial score (nSPS) is 10.2. The van der Waals surface area contributed by atoms with E-state index in [0.717, 1.165) is 15.7 Å². The molecule has 0 aromatic heterocycles. The first-order valence-corrected chi connectivity index (χ1v) is 7.45. The summed E-state index contributed by atoms with van der Waals surface area (Å²) in [7, 11) is 0. The van der Waals surface area contributed by atoms with Gasteiger partial charge < -0.3 is 15.8 Å². The van der Waals surface area contributed by atoms with Gasteiger partial charge in [0.1, 0.15) is 0 Å². The minimum absolute atomic E-state index is 0.326. The summed E-state index contributed by atoms with van der Waals surface area (Å²) in [6.07, 6.45) is 0. The molecule has 0 amide bonds. The fraction of sp³-hybridized carbons (Fsp3) is 0.188. The highest BCUT2D eigenvalue weighted by Crippen LogP contribution is 2.21. The minimum Gasteiger partial charge on any atom is -0.462 e. The lowest BCUT2D eigenvalue weighted by Gasteiger charge is -2.11. The molecule has 0 saturated heterocycles. The van der Waals surface area contributed by atoms with Gasteiger partial charge >= 0.3 is 5.97 Å². The molecule has 0 heterocycles. The highest BCUT2D eigenvalue weighted by molar-refractivity contribution is 9.10. The summed E-state index contributed by atoms with van der Waals surface area (Å²) in [6.45, 7) is 2.74. The molecule has 0 aliphatic rings. The minimum atomic E-state index is -0.403. The monoisotopic (exact) mass is 348 g/mol. The van der Waals surface area contributed by atoms with Gasteiger partial charge in [0.05, 0.1) is 12.2 Å². The third kappa shape index (κ3) is 3.98. The van der Waals surface area contributed by atoms with E-state index < -0.39 is 5.97 Å². The van der Waals surface area contributed by atoms with Gasteiger partial charge in [-0.1, -0.05) is 34.1 Å².